The van der Waals surface area contributed by atoms with Gasteiger partial charge in [-0.3, -0.25) is 0 Å². The topological polar surface area (TPSA) is 26.0 Å². The molecule has 0 saturated heterocycles. The molecular formula is C11H13ClFN. The summed E-state index contributed by atoms with van der Waals surface area (Å²) in [5.74, 6) is -0.236. The van der Waals surface area contributed by atoms with E-state index in [2.05, 4.69) is 0 Å². The maximum absolute atomic E-state index is 13.8. The van der Waals surface area contributed by atoms with Crippen LogP contribution in [0.3, 0.4) is 0 Å². The van der Waals surface area contributed by atoms with Gasteiger partial charge in [0.1, 0.15) is 5.82 Å². The molecule has 1 aromatic carbocycles. The molecule has 0 radical (unpaired) electrons. The number of aryl methyl sites for hydroxylation is 1. The number of rotatable bonds is 1. The first-order valence-electron chi connectivity index (χ1n) is 4.78. The Hall–Kier alpha value is -0.600. The zero-order chi connectivity index (χ0) is 10.3. The summed E-state index contributed by atoms with van der Waals surface area (Å²) in [6, 6.07) is 3.41. The minimum absolute atomic E-state index is 0.236. The van der Waals surface area contributed by atoms with Crippen LogP contribution in [0, 0.1) is 12.7 Å². The highest BCUT2D eigenvalue weighted by Crippen LogP contribution is 2.43. The zero-order valence-corrected chi connectivity index (χ0v) is 8.87. The van der Waals surface area contributed by atoms with Gasteiger partial charge in [0.05, 0.1) is 0 Å². The number of hydrogen-bond acceptors (Lipinski definition) is 1. The number of nitrogens with two attached hydrogens (primary N) is 1. The van der Waals surface area contributed by atoms with Crippen molar-refractivity contribution >= 4 is 11.6 Å². The van der Waals surface area contributed by atoms with Crippen molar-refractivity contribution in [2.75, 3.05) is 0 Å². The van der Waals surface area contributed by atoms with E-state index in [1.54, 1.807) is 19.1 Å². The average Bonchev–Trinajstić information content (AvgIpc) is 2.09. The maximum atomic E-state index is 13.8. The minimum Gasteiger partial charge on any atom is -0.321 e. The fourth-order valence-electron chi connectivity index (χ4n) is 1.92. The van der Waals surface area contributed by atoms with Gasteiger partial charge in [-0.1, -0.05) is 17.7 Å². The Morgan fingerprint density at radius 1 is 1.43 bits per heavy atom. The molecule has 0 amide bonds. The molecule has 0 aromatic heterocycles. The van der Waals surface area contributed by atoms with E-state index in [1.165, 1.54) is 0 Å². The smallest absolute Gasteiger partial charge is 0.132 e. The summed E-state index contributed by atoms with van der Waals surface area (Å²) < 4.78 is 13.8. The molecule has 1 aliphatic rings. The third-order valence-electron chi connectivity index (χ3n) is 3.03. The molecule has 2 N–H and O–H groups in total. The summed E-state index contributed by atoms with van der Waals surface area (Å²) in [4.78, 5) is 0. The number of halogens is 2. The van der Waals surface area contributed by atoms with Gasteiger partial charge in [-0.15, -0.1) is 0 Å². The molecule has 0 spiro atoms. The van der Waals surface area contributed by atoms with Gasteiger partial charge in [-0.25, -0.2) is 4.39 Å². The Morgan fingerprint density at radius 2 is 2.07 bits per heavy atom. The molecule has 1 aromatic rings. The summed E-state index contributed by atoms with van der Waals surface area (Å²) in [5.41, 5.74) is 6.67. The van der Waals surface area contributed by atoms with Crippen molar-refractivity contribution < 1.29 is 4.39 Å². The fourth-order valence-corrected chi connectivity index (χ4v) is 2.25. The van der Waals surface area contributed by atoms with E-state index in [0.29, 0.717) is 16.1 Å². The monoisotopic (exact) mass is 213 g/mol. The van der Waals surface area contributed by atoms with Crippen molar-refractivity contribution in [2.45, 2.75) is 31.7 Å². The quantitative estimate of drug-likeness (QED) is 0.762. The summed E-state index contributed by atoms with van der Waals surface area (Å²) in [7, 11) is 0. The molecule has 3 heteroatoms. The van der Waals surface area contributed by atoms with Crippen LogP contribution in [0.5, 0.6) is 0 Å². The van der Waals surface area contributed by atoms with Gasteiger partial charge in [0.25, 0.3) is 0 Å². The van der Waals surface area contributed by atoms with Crippen LogP contribution < -0.4 is 5.73 Å². The predicted molar refractivity (Wildman–Crippen MR) is 55.9 cm³/mol. The van der Waals surface area contributed by atoms with E-state index < -0.39 is 5.54 Å². The van der Waals surface area contributed by atoms with E-state index >= 15 is 0 Å². The molecule has 14 heavy (non-hydrogen) atoms. The SMILES string of the molecule is Cc1ccc(Cl)c(C2(N)CCC2)c1F. The second-order valence-electron chi connectivity index (χ2n) is 4.06. The van der Waals surface area contributed by atoms with Gasteiger partial charge < -0.3 is 5.73 Å². The fraction of sp³-hybridized carbons (Fsp3) is 0.455. The molecule has 1 aliphatic carbocycles. The molecule has 0 aliphatic heterocycles. The standard InChI is InChI=1S/C11H13ClFN/c1-7-3-4-8(12)9(10(7)13)11(14)5-2-6-11/h3-4H,2,5-6,14H2,1H3. The Balaban J connectivity index is 2.56. The molecule has 1 saturated carbocycles. The van der Waals surface area contributed by atoms with E-state index in [0.717, 1.165) is 19.3 Å². The normalized spacial score (nSPS) is 19.1. The van der Waals surface area contributed by atoms with Crippen molar-refractivity contribution in [3.05, 3.63) is 34.1 Å². The lowest BCUT2D eigenvalue weighted by Crippen LogP contribution is -2.44. The predicted octanol–water partition coefficient (Wildman–Crippen LogP) is 3.13. The molecule has 76 valence electrons. The van der Waals surface area contributed by atoms with Gasteiger partial charge in [0.2, 0.25) is 0 Å². The molecule has 1 nitrogen and oxygen atoms in total. The second-order valence-corrected chi connectivity index (χ2v) is 4.47. The molecule has 0 heterocycles. The van der Waals surface area contributed by atoms with Crippen LogP contribution in [0.1, 0.15) is 30.4 Å². The number of hydrogen-bond donors (Lipinski definition) is 1. The van der Waals surface area contributed by atoms with Crippen LogP contribution in [-0.4, -0.2) is 0 Å². The molecule has 2 rings (SSSR count). The van der Waals surface area contributed by atoms with Crippen LogP contribution in [0.4, 0.5) is 4.39 Å². The van der Waals surface area contributed by atoms with Gasteiger partial charge in [0.15, 0.2) is 0 Å². The van der Waals surface area contributed by atoms with Crippen LogP contribution in [-0.2, 0) is 5.54 Å². The summed E-state index contributed by atoms with van der Waals surface area (Å²) in [6.45, 7) is 1.73. The van der Waals surface area contributed by atoms with Crippen molar-refractivity contribution in [1.82, 2.24) is 0 Å². The summed E-state index contributed by atoms with van der Waals surface area (Å²) in [6.07, 6.45) is 2.71. The molecule has 0 atom stereocenters. The second kappa shape index (κ2) is 3.21. The molecule has 0 unspecified atom stereocenters. The van der Waals surface area contributed by atoms with Crippen LogP contribution in [0.15, 0.2) is 12.1 Å². The molecule has 0 bridgehead atoms. The van der Waals surface area contributed by atoms with Crippen molar-refractivity contribution in [3.8, 4) is 0 Å². The molecule has 1 fully saturated rings. The van der Waals surface area contributed by atoms with Crippen LogP contribution in [0.25, 0.3) is 0 Å². The first kappa shape index (κ1) is 9.94. The van der Waals surface area contributed by atoms with E-state index in [9.17, 15) is 4.39 Å². The van der Waals surface area contributed by atoms with Gasteiger partial charge in [-0.05, 0) is 37.8 Å². The van der Waals surface area contributed by atoms with Crippen molar-refractivity contribution in [1.29, 1.82) is 0 Å². The van der Waals surface area contributed by atoms with Crippen LogP contribution >= 0.6 is 11.6 Å². The lowest BCUT2D eigenvalue weighted by atomic mass is 9.72. The average molecular weight is 214 g/mol. The van der Waals surface area contributed by atoms with Crippen LogP contribution in [0.2, 0.25) is 5.02 Å². The maximum Gasteiger partial charge on any atom is 0.132 e. The first-order chi connectivity index (χ1) is 6.54. The highest BCUT2D eigenvalue weighted by atomic mass is 35.5. The highest BCUT2D eigenvalue weighted by molar-refractivity contribution is 6.31. The van der Waals surface area contributed by atoms with E-state index in [-0.39, 0.29) is 5.82 Å². The van der Waals surface area contributed by atoms with Gasteiger partial charge in [0, 0.05) is 16.1 Å². The Kier molecular flexibility index (Phi) is 2.28. The zero-order valence-electron chi connectivity index (χ0n) is 8.11. The Morgan fingerprint density at radius 3 is 2.57 bits per heavy atom. The Bertz CT molecular complexity index is 372. The molecular weight excluding hydrogens is 201 g/mol. The lowest BCUT2D eigenvalue weighted by Gasteiger charge is -2.39. The first-order valence-corrected chi connectivity index (χ1v) is 5.16. The van der Waals surface area contributed by atoms with Crippen molar-refractivity contribution in [3.63, 3.8) is 0 Å². The van der Waals surface area contributed by atoms with Crippen molar-refractivity contribution in [2.24, 2.45) is 5.73 Å². The summed E-state index contributed by atoms with van der Waals surface area (Å²) >= 11 is 5.98. The summed E-state index contributed by atoms with van der Waals surface area (Å²) in [5, 5.41) is 0.454. The Labute approximate surface area is 88.1 Å². The third-order valence-corrected chi connectivity index (χ3v) is 3.34. The van der Waals surface area contributed by atoms with Gasteiger partial charge >= 0.3 is 0 Å². The minimum atomic E-state index is -0.521. The van der Waals surface area contributed by atoms with E-state index in [4.69, 9.17) is 17.3 Å². The number of benzene rings is 1. The lowest BCUT2D eigenvalue weighted by molar-refractivity contribution is 0.245. The highest BCUT2D eigenvalue weighted by Gasteiger charge is 2.38. The largest absolute Gasteiger partial charge is 0.321 e. The van der Waals surface area contributed by atoms with Gasteiger partial charge in [-0.2, -0.15) is 0 Å². The van der Waals surface area contributed by atoms with E-state index in [1.807, 2.05) is 0 Å². The third kappa shape index (κ3) is 1.33.